The first kappa shape index (κ1) is 47.8. The van der Waals surface area contributed by atoms with Crippen LogP contribution < -0.4 is 5.32 Å². The molecule has 0 spiro atoms. The van der Waals surface area contributed by atoms with Gasteiger partial charge in [-0.2, -0.15) is 8.42 Å². The molecular weight excluding hydrogens is 631 g/mol. The van der Waals surface area contributed by atoms with E-state index in [1.165, 1.54) is 167 Å². The van der Waals surface area contributed by atoms with Crippen molar-refractivity contribution in [3.63, 3.8) is 0 Å². The van der Waals surface area contributed by atoms with Gasteiger partial charge in [0.05, 0.1) is 17.9 Å². The van der Waals surface area contributed by atoms with Crippen LogP contribution in [0.1, 0.15) is 219 Å². The smallest absolute Gasteiger partial charge is 0.267 e. The number of carbonyl (C=O) groups excluding carboxylic acids is 1. The second-order valence-corrected chi connectivity index (χ2v) is 16.1. The van der Waals surface area contributed by atoms with Crippen LogP contribution in [0.4, 0.5) is 0 Å². The number of carbonyl (C=O) groups is 1. The third-order valence-corrected chi connectivity index (χ3v) is 10.4. The molecule has 0 aromatic heterocycles. The van der Waals surface area contributed by atoms with Crippen molar-refractivity contribution in [3.05, 3.63) is 24.3 Å². The number of aliphatic hydroxyl groups is 1. The minimum atomic E-state index is -4.35. The number of unbranched alkanes of at least 4 members (excludes halogenated alkanes) is 28. The predicted octanol–water partition coefficient (Wildman–Crippen LogP) is 12.4. The van der Waals surface area contributed by atoms with Gasteiger partial charge in [0.25, 0.3) is 10.1 Å². The highest BCUT2D eigenvalue weighted by Gasteiger charge is 2.24. The van der Waals surface area contributed by atoms with Crippen molar-refractivity contribution in [1.29, 1.82) is 0 Å². The van der Waals surface area contributed by atoms with Gasteiger partial charge in [0.15, 0.2) is 0 Å². The number of amides is 1. The quantitative estimate of drug-likeness (QED) is 0.0336. The summed E-state index contributed by atoms with van der Waals surface area (Å²) in [7, 11) is -4.35. The van der Waals surface area contributed by atoms with Crippen molar-refractivity contribution in [2.45, 2.75) is 231 Å². The summed E-state index contributed by atoms with van der Waals surface area (Å²) in [6, 6.07) is -1.07. The van der Waals surface area contributed by atoms with E-state index in [9.17, 15) is 22.9 Å². The molecule has 290 valence electrons. The molecule has 0 aliphatic heterocycles. The van der Waals surface area contributed by atoms with E-state index in [1.54, 1.807) is 0 Å². The van der Waals surface area contributed by atoms with Gasteiger partial charge in [-0.3, -0.25) is 9.35 Å². The lowest BCUT2D eigenvalue weighted by atomic mass is 10.0. The van der Waals surface area contributed by atoms with Crippen LogP contribution in [-0.2, 0) is 14.9 Å². The molecule has 0 aliphatic carbocycles. The SMILES string of the molecule is CCCCCCCCCCCC/C=C/CC/C=C/C(O)C(CS(=O)(=O)O)NC(=O)CCCCCCCCCCCCCCCCCCCC. The normalized spacial score (nSPS) is 13.5. The fraction of sp³-hybridized carbons (Fsp3) is 0.881. The lowest BCUT2D eigenvalue weighted by Crippen LogP contribution is -2.46. The van der Waals surface area contributed by atoms with Gasteiger partial charge in [0.1, 0.15) is 0 Å². The van der Waals surface area contributed by atoms with E-state index in [2.05, 4.69) is 31.3 Å². The zero-order valence-electron chi connectivity index (χ0n) is 32.3. The molecule has 0 heterocycles. The lowest BCUT2D eigenvalue weighted by molar-refractivity contribution is -0.122. The monoisotopic (exact) mass is 712 g/mol. The molecule has 0 saturated heterocycles. The van der Waals surface area contributed by atoms with Crippen LogP contribution >= 0.6 is 0 Å². The first-order valence-corrected chi connectivity index (χ1v) is 22.6. The average Bonchev–Trinajstić information content (AvgIpc) is 3.06. The van der Waals surface area contributed by atoms with E-state index in [0.29, 0.717) is 6.42 Å². The molecule has 0 radical (unpaired) electrons. The summed E-state index contributed by atoms with van der Waals surface area (Å²) in [5.74, 6) is -0.991. The Morgan fingerprint density at radius 3 is 1.29 bits per heavy atom. The Balaban J connectivity index is 3.92. The Hall–Kier alpha value is -1.18. The Bertz CT molecular complexity index is 872. The molecule has 0 aliphatic rings. The number of hydrogen-bond acceptors (Lipinski definition) is 4. The number of nitrogens with one attached hydrogen (secondary N) is 1. The highest BCUT2D eigenvalue weighted by Crippen LogP contribution is 2.15. The molecule has 0 saturated carbocycles. The van der Waals surface area contributed by atoms with Crippen LogP contribution in [0.3, 0.4) is 0 Å². The second kappa shape index (κ2) is 36.6. The number of hydrogen-bond donors (Lipinski definition) is 3. The summed E-state index contributed by atoms with van der Waals surface area (Å²) >= 11 is 0. The fourth-order valence-corrected chi connectivity index (χ4v) is 7.20. The zero-order valence-corrected chi connectivity index (χ0v) is 33.1. The van der Waals surface area contributed by atoms with Gasteiger partial charge < -0.3 is 10.4 Å². The molecule has 3 N–H and O–H groups in total. The first-order chi connectivity index (χ1) is 23.8. The Morgan fingerprint density at radius 1 is 0.531 bits per heavy atom. The van der Waals surface area contributed by atoms with Crippen molar-refractivity contribution >= 4 is 16.0 Å². The van der Waals surface area contributed by atoms with Gasteiger partial charge >= 0.3 is 0 Å². The van der Waals surface area contributed by atoms with E-state index in [-0.39, 0.29) is 5.91 Å². The van der Waals surface area contributed by atoms with E-state index in [4.69, 9.17) is 0 Å². The third-order valence-electron chi connectivity index (χ3n) is 9.63. The van der Waals surface area contributed by atoms with Crippen molar-refractivity contribution in [2.24, 2.45) is 0 Å². The molecule has 0 fully saturated rings. The van der Waals surface area contributed by atoms with E-state index in [1.807, 2.05) is 6.08 Å². The number of aliphatic hydroxyl groups excluding tert-OH is 1. The zero-order chi connectivity index (χ0) is 36.1. The van der Waals surface area contributed by atoms with Gasteiger partial charge in [0, 0.05) is 6.42 Å². The van der Waals surface area contributed by atoms with Gasteiger partial charge in [0.2, 0.25) is 5.91 Å². The van der Waals surface area contributed by atoms with Gasteiger partial charge in [-0.15, -0.1) is 0 Å². The third kappa shape index (κ3) is 37.9. The number of rotatable bonds is 38. The molecule has 6 nitrogen and oxygen atoms in total. The number of allylic oxidation sites excluding steroid dienone is 3. The summed E-state index contributed by atoms with van der Waals surface area (Å²) in [5.41, 5.74) is 0. The summed E-state index contributed by atoms with van der Waals surface area (Å²) in [4.78, 5) is 12.5. The summed E-state index contributed by atoms with van der Waals surface area (Å²) in [6.45, 7) is 4.53. The van der Waals surface area contributed by atoms with Gasteiger partial charge in [-0.05, 0) is 32.1 Å². The summed E-state index contributed by atoms with van der Waals surface area (Å²) < 4.78 is 32.5. The molecular formula is C42H81NO5S. The predicted molar refractivity (Wildman–Crippen MR) is 212 cm³/mol. The largest absolute Gasteiger partial charge is 0.387 e. The molecule has 2 unspecified atom stereocenters. The van der Waals surface area contributed by atoms with Crippen molar-refractivity contribution in [3.8, 4) is 0 Å². The minimum Gasteiger partial charge on any atom is -0.387 e. The minimum absolute atomic E-state index is 0.285. The lowest BCUT2D eigenvalue weighted by Gasteiger charge is -2.21. The topological polar surface area (TPSA) is 104 Å². The Labute approximate surface area is 304 Å². The van der Waals surface area contributed by atoms with Crippen LogP contribution in [0.25, 0.3) is 0 Å². The van der Waals surface area contributed by atoms with E-state index < -0.39 is 28.0 Å². The molecule has 0 rings (SSSR count). The Morgan fingerprint density at radius 2 is 0.878 bits per heavy atom. The molecule has 0 aromatic carbocycles. The van der Waals surface area contributed by atoms with E-state index >= 15 is 0 Å². The van der Waals surface area contributed by atoms with Crippen molar-refractivity contribution in [1.82, 2.24) is 5.32 Å². The molecule has 1 amide bonds. The summed E-state index contributed by atoms with van der Waals surface area (Å²) in [5, 5.41) is 13.2. The maximum atomic E-state index is 12.5. The highest BCUT2D eigenvalue weighted by molar-refractivity contribution is 7.85. The van der Waals surface area contributed by atoms with Crippen LogP contribution in [0.2, 0.25) is 0 Å². The van der Waals surface area contributed by atoms with E-state index in [0.717, 1.165) is 38.5 Å². The van der Waals surface area contributed by atoms with Crippen LogP contribution in [0.5, 0.6) is 0 Å². The van der Waals surface area contributed by atoms with Crippen LogP contribution in [0.15, 0.2) is 24.3 Å². The second-order valence-electron chi connectivity index (χ2n) is 14.6. The van der Waals surface area contributed by atoms with Gasteiger partial charge in [-0.1, -0.05) is 205 Å². The molecule has 49 heavy (non-hydrogen) atoms. The standard InChI is InChI=1S/C42H81NO5S/c1-3-5-7-9-11-13-15-17-19-21-22-24-26-28-30-32-34-36-38-42(45)43-40(39-49(46,47)48)41(44)37-35-33-31-29-27-25-23-20-18-16-14-12-10-8-6-4-2/h27,29,35,37,40-41,44H,3-26,28,30-34,36,38-39H2,1-2H3,(H,43,45)(H,46,47,48)/b29-27+,37-35+. The van der Waals surface area contributed by atoms with Crippen molar-refractivity contribution in [2.75, 3.05) is 5.75 Å². The van der Waals surface area contributed by atoms with Crippen LogP contribution in [0, 0.1) is 0 Å². The first-order valence-electron chi connectivity index (χ1n) is 21.0. The maximum absolute atomic E-state index is 12.5. The molecule has 7 heteroatoms. The van der Waals surface area contributed by atoms with Crippen molar-refractivity contribution < 1.29 is 22.9 Å². The Kier molecular flexibility index (Phi) is 35.7. The fourth-order valence-electron chi connectivity index (χ4n) is 6.47. The highest BCUT2D eigenvalue weighted by atomic mass is 32.2. The van der Waals surface area contributed by atoms with Crippen LogP contribution in [-0.4, -0.2) is 41.9 Å². The molecule has 0 bridgehead atoms. The summed E-state index contributed by atoms with van der Waals surface area (Å²) in [6.07, 6.45) is 45.9. The maximum Gasteiger partial charge on any atom is 0.267 e. The average molecular weight is 712 g/mol. The molecule has 0 aromatic rings. The molecule has 2 atom stereocenters. The van der Waals surface area contributed by atoms with Gasteiger partial charge in [-0.25, -0.2) is 0 Å².